The van der Waals surface area contributed by atoms with Gasteiger partial charge in [0.1, 0.15) is 13.1 Å². The van der Waals surface area contributed by atoms with E-state index in [1.807, 2.05) is 13.8 Å². The molecule has 0 bridgehead atoms. The van der Waals surface area contributed by atoms with Crippen molar-refractivity contribution < 1.29 is 8.42 Å². The number of hydrogen-bond donors (Lipinski definition) is 1. The van der Waals surface area contributed by atoms with E-state index in [9.17, 15) is 8.42 Å². The molecule has 0 heterocycles. The topological polar surface area (TPSA) is 66.1 Å². The van der Waals surface area contributed by atoms with Gasteiger partial charge >= 0.3 is 10.2 Å². The Morgan fingerprint density at radius 1 is 1.18 bits per heavy atom. The van der Waals surface area contributed by atoms with Crippen molar-refractivity contribution in [2.75, 3.05) is 13.1 Å². The van der Waals surface area contributed by atoms with Crippen molar-refractivity contribution in [1.82, 2.24) is 4.31 Å². The van der Waals surface area contributed by atoms with Crippen molar-refractivity contribution in [2.45, 2.75) is 26.7 Å². The van der Waals surface area contributed by atoms with Gasteiger partial charge in [0.05, 0.1) is 0 Å². The molecule has 0 saturated carbocycles. The monoisotopic (exact) mass is 180 g/mol. The highest BCUT2D eigenvalue weighted by atomic mass is 32.2. The maximum atomic E-state index is 10.8. The summed E-state index contributed by atoms with van der Waals surface area (Å²) in [5.41, 5.74) is 0. The van der Waals surface area contributed by atoms with E-state index in [0.29, 0.717) is 13.1 Å². The minimum Gasteiger partial charge on any atom is -0.178 e. The van der Waals surface area contributed by atoms with Crippen LogP contribution < -0.4 is 9.44 Å². The van der Waals surface area contributed by atoms with Crippen molar-refractivity contribution >= 4 is 10.2 Å². The Kier molecular flexibility index (Phi) is 4.63. The summed E-state index contributed by atoms with van der Waals surface area (Å²) < 4.78 is 22.9. The average molecular weight is 180 g/mol. The summed E-state index contributed by atoms with van der Waals surface area (Å²) in [6, 6.07) is 0. The zero-order chi connectivity index (χ0) is 8.91. The van der Waals surface area contributed by atoms with Gasteiger partial charge in [-0.05, 0) is 17.1 Å². The quantitative estimate of drug-likeness (QED) is 0.612. The van der Waals surface area contributed by atoms with Crippen LogP contribution in [0, 0.1) is 0 Å². The van der Waals surface area contributed by atoms with Gasteiger partial charge in [-0.25, -0.2) is 0 Å². The van der Waals surface area contributed by atoms with Crippen LogP contribution >= 0.6 is 0 Å². The van der Waals surface area contributed by atoms with Crippen LogP contribution in [0.3, 0.4) is 0 Å². The molecule has 4 nitrogen and oxygen atoms in total. The van der Waals surface area contributed by atoms with Gasteiger partial charge in [-0.1, -0.05) is 13.8 Å². The molecule has 0 rings (SSSR count). The predicted molar refractivity (Wildman–Crippen MR) is 45.6 cm³/mol. The van der Waals surface area contributed by atoms with E-state index in [1.54, 1.807) is 0 Å². The zero-order valence-electron chi connectivity index (χ0n) is 7.08. The molecule has 0 atom stereocenters. The molecule has 11 heavy (non-hydrogen) atoms. The van der Waals surface area contributed by atoms with E-state index >= 15 is 0 Å². The summed E-state index contributed by atoms with van der Waals surface area (Å²) in [5, 5.41) is 4.95. The minimum atomic E-state index is -3.46. The summed E-state index contributed by atoms with van der Waals surface area (Å²) in [6.45, 7) is 4.89. The third kappa shape index (κ3) is 4.34. The maximum absolute atomic E-state index is 10.8. The maximum Gasteiger partial charge on any atom is 0.412 e. The van der Waals surface area contributed by atoms with Crippen molar-refractivity contribution in [2.24, 2.45) is 5.14 Å². The molecule has 0 saturated heterocycles. The van der Waals surface area contributed by atoms with Crippen LogP contribution in [-0.2, 0) is 10.2 Å². The summed E-state index contributed by atoms with van der Waals surface area (Å²) in [7, 11) is -3.46. The molecule has 0 aromatic rings. The number of rotatable bonds is 5. The van der Waals surface area contributed by atoms with Gasteiger partial charge in [0.25, 0.3) is 0 Å². The van der Waals surface area contributed by atoms with Gasteiger partial charge in [-0.15, -0.1) is 0 Å². The number of hydrogen-bond acceptors (Lipinski definition) is 2. The molecule has 0 aliphatic carbocycles. The van der Waals surface area contributed by atoms with E-state index in [-0.39, 0.29) is 0 Å². The van der Waals surface area contributed by atoms with E-state index in [4.69, 9.17) is 5.14 Å². The Morgan fingerprint density at radius 3 is 1.73 bits per heavy atom. The Morgan fingerprint density at radius 2 is 1.55 bits per heavy atom. The predicted octanol–water partition coefficient (Wildman–Crippen LogP) is 0.150. The molecule has 0 aromatic heterocycles. The van der Waals surface area contributed by atoms with Gasteiger partial charge in [-0.3, -0.25) is 0 Å². The second kappa shape index (κ2) is 4.69. The normalized spacial score (nSPS) is 12.4. The molecule has 0 fully saturated rings. The molecule has 5 heteroatoms. The molecule has 0 aliphatic rings. The summed E-state index contributed by atoms with van der Waals surface area (Å²) in [6.07, 6.45) is 1.60. The van der Waals surface area contributed by atoms with E-state index < -0.39 is 10.2 Å². The van der Waals surface area contributed by atoms with Gasteiger partial charge in [-0.2, -0.15) is 13.6 Å². The molecular formula is C6H16N2O2S+. The lowest BCUT2D eigenvalue weighted by atomic mass is 10.4. The van der Waals surface area contributed by atoms with Crippen LogP contribution in [0.4, 0.5) is 0 Å². The molecule has 0 aromatic carbocycles. The summed E-state index contributed by atoms with van der Waals surface area (Å²) in [4.78, 5) is 0. The zero-order valence-corrected chi connectivity index (χ0v) is 7.89. The average Bonchev–Trinajstić information content (AvgIpc) is 1.85. The highest BCUT2D eigenvalue weighted by Gasteiger charge is 2.25. The molecule has 0 unspecified atom stereocenters. The fraction of sp³-hybridized carbons (Fsp3) is 1.00. The second-order valence-electron chi connectivity index (χ2n) is 2.44. The van der Waals surface area contributed by atoms with Crippen molar-refractivity contribution in [1.29, 1.82) is 0 Å². The van der Waals surface area contributed by atoms with Crippen LogP contribution in [0.25, 0.3) is 0 Å². The molecule has 1 radical (unpaired) electrons. The molecular weight excluding hydrogens is 164 g/mol. The lowest BCUT2D eigenvalue weighted by molar-refractivity contribution is 0.502. The Hall–Kier alpha value is -0.130. The first-order valence-electron chi connectivity index (χ1n) is 3.80. The SMILES string of the molecule is CCC[N+](CCC)S(N)(=O)=O. The summed E-state index contributed by atoms with van der Waals surface area (Å²) in [5.74, 6) is 0. The van der Waals surface area contributed by atoms with E-state index in [0.717, 1.165) is 12.8 Å². The first-order valence-corrected chi connectivity index (χ1v) is 5.30. The summed E-state index contributed by atoms with van der Waals surface area (Å²) >= 11 is 0. The van der Waals surface area contributed by atoms with Crippen molar-refractivity contribution in [3.63, 3.8) is 0 Å². The van der Waals surface area contributed by atoms with Gasteiger partial charge in [0.2, 0.25) is 0 Å². The molecule has 0 aliphatic heterocycles. The van der Waals surface area contributed by atoms with Crippen molar-refractivity contribution in [3.05, 3.63) is 0 Å². The Labute approximate surface area is 68.6 Å². The van der Waals surface area contributed by atoms with Crippen LogP contribution in [0.5, 0.6) is 0 Å². The minimum absolute atomic E-state index is 0.521. The van der Waals surface area contributed by atoms with Gasteiger partial charge < -0.3 is 0 Å². The largest absolute Gasteiger partial charge is 0.412 e. The first kappa shape index (κ1) is 10.9. The van der Waals surface area contributed by atoms with Crippen LogP contribution in [0.1, 0.15) is 26.7 Å². The number of nitrogens with zero attached hydrogens (tertiary/aromatic N) is 1. The molecule has 67 valence electrons. The van der Waals surface area contributed by atoms with Gasteiger partial charge in [0.15, 0.2) is 0 Å². The van der Waals surface area contributed by atoms with E-state index in [2.05, 4.69) is 0 Å². The van der Waals surface area contributed by atoms with Crippen LogP contribution in [0.2, 0.25) is 0 Å². The highest BCUT2D eigenvalue weighted by molar-refractivity contribution is 7.87. The lowest BCUT2D eigenvalue weighted by Gasteiger charge is -2.05. The standard InChI is InChI=1S/C6H16N2O2S/c1-3-5-8(6-4-2)11(7,9)10/h3-6H2,1-2H3,(H2,7,9,10)/q+1. The Balaban J connectivity index is 4.11. The fourth-order valence-electron chi connectivity index (χ4n) is 0.865. The third-order valence-corrected chi connectivity index (χ3v) is 2.39. The van der Waals surface area contributed by atoms with Crippen LogP contribution in [0.15, 0.2) is 0 Å². The molecule has 2 N–H and O–H groups in total. The van der Waals surface area contributed by atoms with Gasteiger partial charge in [0, 0.05) is 0 Å². The first-order chi connectivity index (χ1) is 5.02. The molecule has 0 amide bonds. The third-order valence-electron chi connectivity index (χ3n) is 1.31. The second-order valence-corrected chi connectivity index (χ2v) is 3.99. The number of nitrogens with two attached hydrogens (primary N) is 1. The highest BCUT2D eigenvalue weighted by Crippen LogP contribution is 1.93. The Bertz CT molecular complexity index is 183. The molecule has 0 spiro atoms. The van der Waals surface area contributed by atoms with Crippen LogP contribution in [-0.4, -0.2) is 21.5 Å². The van der Waals surface area contributed by atoms with Crippen molar-refractivity contribution in [3.8, 4) is 0 Å². The fourth-order valence-corrected chi connectivity index (χ4v) is 1.74. The smallest absolute Gasteiger partial charge is 0.178 e. The van der Waals surface area contributed by atoms with E-state index in [1.165, 1.54) is 4.31 Å². The lowest BCUT2D eigenvalue weighted by Crippen LogP contribution is -2.42.